The van der Waals surface area contributed by atoms with Gasteiger partial charge in [-0.05, 0) is 12.8 Å². The third-order valence-electron chi connectivity index (χ3n) is 7.87. The zero-order valence-corrected chi connectivity index (χ0v) is 23.6. The van der Waals surface area contributed by atoms with Crippen LogP contribution in [0.2, 0.25) is 0 Å². The maximum Gasteiger partial charge on any atom is 0.102 e. The minimum absolute atomic E-state index is 0.165. The topological polar surface area (TPSA) is 60.7 Å². The first-order valence-corrected chi connectivity index (χ1v) is 14.9. The van der Waals surface area contributed by atoms with Gasteiger partial charge in [-0.25, -0.2) is 0 Å². The van der Waals surface area contributed by atoms with E-state index in [0.717, 1.165) is 41.6 Å². The fourth-order valence-corrected chi connectivity index (χ4v) is 5.27. The summed E-state index contributed by atoms with van der Waals surface area (Å²) in [6, 6.07) is 0. The van der Waals surface area contributed by atoms with Gasteiger partial charge in [-0.2, -0.15) is 0 Å². The molecule has 0 amide bonds. The molecule has 0 saturated carbocycles. The molecule has 0 radical (unpaired) electrons. The molecule has 0 aromatic carbocycles. The fourth-order valence-electron chi connectivity index (χ4n) is 5.27. The first-order valence-electron chi connectivity index (χ1n) is 14.9. The highest BCUT2D eigenvalue weighted by atomic mass is 16.3. The van der Waals surface area contributed by atoms with E-state index in [1.807, 2.05) is 0 Å². The van der Waals surface area contributed by atoms with Crippen LogP contribution in [-0.2, 0) is 0 Å². The van der Waals surface area contributed by atoms with Crippen molar-refractivity contribution in [2.24, 2.45) is 0 Å². The molecule has 0 fully saturated rings. The maximum atomic E-state index is 9.58. The van der Waals surface area contributed by atoms with Crippen molar-refractivity contribution in [1.29, 1.82) is 0 Å². The van der Waals surface area contributed by atoms with Gasteiger partial charge in [-0.3, -0.25) is 0 Å². The highest BCUT2D eigenvalue weighted by Gasteiger charge is 2.25. The van der Waals surface area contributed by atoms with Gasteiger partial charge in [0.2, 0.25) is 0 Å². The monoisotopic (exact) mass is 488 g/mol. The number of likely N-dealkylation sites (N-methyl/N-ethyl adjacent to an activating group) is 2. The Morgan fingerprint density at radius 3 is 0.941 bits per heavy atom. The second-order valence-electron chi connectivity index (χ2n) is 11.4. The van der Waals surface area contributed by atoms with Gasteiger partial charge in [-0.15, -0.1) is 0 Å². The molecular formula is C29H64N2O3+2. The molecular weight excluding hydrogens is 424 g/mol. The Kier molecular flexibility index (Phi) is 23.1. The van der Waals surface area contributed by atoms with Crippen LogP contribution in [0.5, 0.6) is 0 Å². The van der Waals surface area contributed by atoms with Gasteiger partial charge in [0.1, 0.15) is 19.6 Å². The van der Waals surface area contributed by atoms with Crippen LogP contribution in [0.1, 0.15) is 116 Å². The van der Waals surface area contributed by atoms with Crippen LogP contribution in [0.4, 0.5) is 0 Å². The average Bonchev–Trinajstić information content (AvgIpc) is 2.79. The van der Waals surface area contributed by atoms with Gasteiger partial charge in [-0.1, -0.05) is 96.8 Å². The molecule has 34 heavy (non-hydrogen) atoms. The Balaban J connectivity index is 3.76. The summed E-state index contributed by atoms with van der Waals surface area (Å²) in [6.45, 7) is 8.25. The van der Waals surface area contributed by atoms with Crippen LogP contribution >= 0.6 is 0 Å². The predicted molar refractivity (Wildman–Crippen MR) is 147 cm³/mol. The van der Waals surface area contributed by atoms with E-state index < -0.39 is 0 Å². The number of aliphatic hydroxyl groups is 3. The highest BCUT2D eigenvalue weighted by Crippen LogP contribution is 2.15. The number of rotatable bonds is 27. The Hall–Kier alpha value is -0.200. The zero-order chi connectivity index (χ0) is 25.4. The van der Waals surface area contributed by atoms with Crippen molar-refractivity contribution in [2.75, 3.05) is 73.2 Å². The molecule has 5 nitrogen and oxygen atoms in total. The van der Waals surface area contributed by atoms with Crippen molar-refractivity contribution < 1.29 is 24.3 Å². The van der Waals surface area contributed by atoms with E-state index in [2.05, 4.69) is 21.0 Å². The number of hydrogen-bond acceptors (Lipinski definition) is 3. The second-order valence-corrected chi connectivity index (χ2v) is 11.4. The summed E-state index contributed by atoms with van der Waals surface area (Å²) < 4.78 is 1.67. The van der Waals surface area contributed by atoms with E-state index in [1.165, 1.54) is 103 Å². The van der Waals surface area contributed by atoms with Crippen LogP contribution in [0.3, 0.4) is 0 Å². The quantitative estimate of drug-likeness (QED) is 0.106. The molecule has 0 spiro atoms. The average molecular weight is 489 g/mol. The number of unbranched alkanes of at least 4 members (excludes halogenated alkanes) is 15. The number of quaternary nitrogens is 2. The summed E-state index contributed by atoms with van der Waals surface area (Å²) in [5.74, 6) is 0. The van der Waals surface area contributed by atoms with Gasteiger partial charge in [0.05, 0.1) is 53.6 Å². The summed E-state index contributed by atoms with van der Waals surface area (Å²) >= 11 is 0. The van der Waals surface area contributed by atoms with E-state index in [0.29, 0.717) is 13.1 Å². The summed E-state index contributed by atoms with van der Waals surface area (Å²) in [7, 11) is 4.41. The molecule has 0 rings (SSSR count). The molecule has 206 valence electrons. The molecule has 0 aliphatic rings. The van der Waals surface area contributed by atoms with Crippen LogP contribution in [0.15, 0.2) is 0 Å². The third kappa shape index (κ3) is 20.0. The highest BCUT2D eigenvalue weighted by molar-refractivity contribution is 4.51. The van der Waals surface area contributed by atoms with Crippen LogP contribution in [0.25, 0.3) is 0 Å². The summed E-state index contributed by atoms with van der Waals surface area (Å²) in [4.78, 5) is 0. The van der Waals surface area contributed by atoms with Crippen molar-refractivity contribution in [2.45, 2.75) is 116 Å². The molecule has 0 aromatic rings. The Morgan fingerprint density at radius 2 is 0.618 bits per heavy atom. The summed E-state index contributed by atoms with van der Waals surface area (Å²) in [6.07, 6.45) is 23.4. The Morgan fingerprint density at radius 1 is 0.353 bits per heavy atom. The molecule has 0 aliphatic carbocycles. The second kappa shape index (κ2) is 23.2. The standard InChI is InChI=1S/C29H64N2O3/c1-4-5-6-7-8-9-10-11-12-13-14-15-16-17-18-19-21-30(2,24-27-32)22-20-23-31(3,25-28-33)26-29-34/h32-34H,4-29H2,1-3H3/q+2. The first-order chi connectivity index (χ1) is 16.4. The van der Waals surface area contributed by atoms with Crippen LogP contribution in [-0.4, -0.2) is 97.5 Å². The lowest BCUT2D eigenvalue weighted by Crippen LogP contribution is -2.52. The third-order valence-corrected chi connectivity index (χ3v) is 7.87. The van der Waals surface area contributed by atoms with Gasteiger partial charge in [0, 0.05) is 6.42 Å². The van der Waals surface area contributed by atoms with Crippen molar-refractivity contribution in [3.63, 3.8) is 0 Å². The minimum atomic E-state index is 0.165. The van der Waals surface area contributed by atoms with Crippen molar-refractivity contribution in [3.05, 3.63) is 0 Å². The van der Waals surface area contributed by atoms with Gasteiger partial charge >= 0.3 is 0 Å². The molecule has 1 atom stereocenters. The molecule has 5 heteroatoms. The molecule has 0 aromatic heterocycles. The van der Waals surface area contributed by atoms with E-state index >= 15 is 0 Å². The number of nitrogens with zero attached hydrogens (tertiary/aromatic N) is 2. The summed E-state index contributed by atoms with van der Waals surface area (Å²) in [5, 5.41) is 28.3. The normalized spacial score (nSPS) is 13.9. The van der Waals surface area contributed by atoms with E-state index in [1.54, 1.807) is 0 Å². The zero-order valence-electron chi connectivity index (χ0n) is 23.6. The number of hydrogen-bond donors (Lipinski definition) is 3. The molecule has 0 bridgehead atoms. The molecule has 0 heterocycles. The fraction of sp³-hybridized carbons (Fsp3) is 1.00. The molecule has 3 N–H and O–H groups in total. The smallest absolute Gasteiger partial charge is 0.102 e. The molecule has 0 saturated heterocycles. The summed E-state index contributed by atoms with van der Waals surface area (Å²) in [5.41, 5.74) is 0. The molecule has 1 unspecified atom stereocenters. The largest absolute Gasteiger partial charge is 0.391 e. The molecule has 0 aliphatic heterocycles. The van der Waals surface area contributed by atoms with Crippen LogP contribution in [0, 0.1) is 0 Å². The van der Waals surface area contributed by atoms with E-state index in [-0.39, 0.29) is 19.8 Å². The Bertz CT molecular complexity index is 416. The van der Waals surface area contributed by atoms with Crippen molar-refractivity contribution >= 4 is 0 Å². The SMILES string of the molecule is CCCCCCCCCCCCCCCCCC[N+](C)(CCO)CCC[N+](C)(CCO)CCO. The van der Waals surface area contributed by atoms with Crippen LogP contribution < -0.4 is 0 Å². The van der Waals surface area contributed by atoms with Gasteiger partial charge in [0.25, 0.3) is 0 Å². The predicted octanol–water partition coefficient (Wildman–Crippen LogP) is 5.51. The van der Waals surface area contributed by atoms with E-state index in [4.69, 9.17) is 0 Å². The maximum absolute atomic E-state index is 9.58. The number of aliphatic hydroxyl groups excluding tert-OH is 3. The van der Waals surface area contributed by atoms with Crippen molar-refractivity contribution in [1.82, 2.24) is 0 Å². The first kappa shape index (κ1) is 33.8. The lowest BCUT2D eigenvalue weighted by Gasteiger charge is -2.37. The van der Waals surface area contributed by atoms with E-state index in [9.17, 15) is 15.3 Å². The van der Waals surface area contributed by atoms with Crippen molar-refractivity contribution in [3.8, 4) is 0 Å². The lowest BCUT2D eigenvalue weighted by atomic mass is 10.0. The van der Waals surface area contributed by atoms with Gasteiger partial charge < -0.3 is 24.3 Å². The Labute approximate surface area is 213 Å². The minimum Gasteiger partial charge on any atom is -0.391 e. The van der Waals surface area contributed by atoms with Gasteiger partial charge in [0.15, 0.2) is 0 Å². The lowest BCUT2D eigenvalue weighted by molar-refractivity contribution is -0.928.